The molecule has 1 aromatic heterocycles. The van der Waals surface area contributed by atoms with Crippen molar-refractivity contribution >= 4 is 22.9 Å². The maximum Gasteiger partial charge on any atom is 0.410 e. The second-order valence-corrected chi connectivity index (χ2v) is 9.70. The molecule has 4 aromatic carbocycles. The molecule has 0 spiro atoms. The van der Waals surface area contributed by atoms with Crippen molar-refractivity contribution in [3.8, 4) is 17.4 Å². The Morgan fingerprint density at radius 1 is 0.786 bits per heavy atom. The number of amides is 2. The molecule has 2 heterocycles. The average molecular weight is 562 g/mol. The minimum atomic E-state index is -0.466. The zero-order valence-electron chi connectivity index (χ0n) is 23.0. The number of carbonyl (C=O) groups is 2. The summed E-state index contributed by atoms with van der Waals surface area (Å²) in [5.41, 5.74) is 2.74. The van der Waals surface area contributed by atoms with E-state index < -0.39 is 6.09 Å². The van der Waals surface area contributed by atoms with Gasteiger partial charge < -0.3 is 19.5 Å². The van der Waals surface area contributed by atoms with Gasteiger partial charge in [0.25, 0.3) is 0 Å². The Morgan fingerprint density at radius 2 is 1.48 bits per heavy atom. The van der Waals surface area contributed by atoms with Crippen molar-refractivity contribution in [1.29, 1.82) is 0 Å². The van der Waals surface area contributed by atoms with Crippen LogP contribution in [0.3, 0.4) is 0 Å². The van der Waals surface area contributed by atoms with Crippen molar-refractivity contribution in [3.05, 3.63) is 132 Å². The van der Waals surface area contributed by atoms with Crippen molar-refractivity contribution in [2.75, 3.05) is 19.6 Å². The molecule has 0 radical (unpaired) electrons. The third-order valence-corrected chi connectivity index (χ3v) is 6.61. The number of phenols is 1. The zero-order valence-corrected chi connectivity index (χ0v) is 23.0. The Bertz CT molecular complexity index is 1610. The standard InChI is InChI=1S/C28H25N3O4.C6H6O/c32-27-19-31(28(33)34-20-21-7-3-1-4-8-21)16-15-30(27)18-22-11-13-25-23(17-22)12-14-26(29-25)35-24-9-5-2-6-10-24;7-6-4-2-1-3-5-6/h1-14,17H,15-16,18-20H2;1-5,7H. The predicted molar refractivity (Wildman–Crippen MR) is 160 cm³/mol. The second kappa shape index (κ2) is 13.8. The van der Waals surface area contributed by atoms with Crippen LogP contribution in [-0.4, -0.2) is 51.5 Å². The van der Waals surface area contributed by atoms with Gasteiger partial charge in [-0.05, 0) is 53.6 Å². The Kier molecular flexibility index (Phi) is 9.26. The summed E-state index contributed by atoms with van der Waals surface area (Å²) in [6, 6.07) is 37.5. The van der Waals surface area contributed by atoms with Crippen molar-refractivity contribution in [1.82, 2.24) is 14.8 Å². The maximum absolute atomic E-state index is 12.7. The normalized spacial score (nSPS) is 12.8. The van der Waals surface area contributed by atoms with Gasteiger partial charge in [-0.2, -0.15) is 0 Å². The first-order chi connectivity index (χ1) is 20.5. The van der Waals surface area contributed by atoms with Crippen molar-refractivity contribution in [3.63, 3.8) is 0 Å². The number of para-hydroxylation sites is 2. The molecule has 1 aliphatic heterocycles. The Labute approximate surface area is 244 Å². The van der Waals surface area contributed by atoms with E-state index in [9.17, 15) is 9.59 Å². The molecule has 1 aliphatic rings. The molecule has 0 bridgehead atoms. The van der Waals surface area contributed by atoms with Crippen molar-refractivity contribution in [2.45, 2.75) is 13.2 Å². The molecule has 6 rings (SSSR count). The van der Waals surface area contributed by atoms with E-state index in [0.29, 0.717) is 31.3 Å². The molecule has 0 aliphatic carbocycles. The molecule has 1 N–H and O–H groups in total. The monoisotopic (exact) mass is 561 g/mol. The third-order valence-electron chi connectivity index (χ3n) is 6.61. The van der Waals surface area contributed by atoms with Crippen LogP contribution in [-0.2, 0) is 22.7 Å². The topological polar surface area (TPSA) is 92.2 Å². The molecule has 8 heteroatoms. The summed E-state index contributed by atoms with van der Waals surface area (Å²) >= 11 is 0. The lowest BCUT2D eigenvalue weighted by Gasteiger charge is -2.33. The summed E-state index contributed by atoms with van der Waals surface area (Å²) in [6.45, 7) is 1.58. The van der Waals surface area contributed by atoms with E-state index in [1.54, 1.807) is 29.2 Å². The molecule has 212 valence electrons. The minimum absolute atomic E-state index is 0.0168. The number of rotatable bonds is 6. The molecule has 0 atom stereocenters. The van der Waals surface area contributed by atoms with Crippen molar-refractivity contribution < 1.29 is 24.2 Å². The van der Waals surface area contributed by atoms with E-state index >= 15 is 0 Å². The first-order valence-corrected chi connectivity index (χ1v) is 13.6. The van der Waals surface area contributed by atoms with E-state index in [1.807, 2.05) is 97.1 Å². The first kappa shape index (κ1) is 28.2. The molecule has 8 nitrogen and oxygen atoms in total. The number of aromatic nitrogens is 1. The highest BCUT2D eigenvalue weighted by Gasteiger charge is 2.28. The summed E-state index contributed by atoms with van der Waals surface area (Å²) in [7, 11) is 0. The van der Waals surface area contributed by atoms with Crippen LogP contribution in [0.5, 0.6) is 17.4 Å². The number of aromatic hydroxyl groups is 1. The number of nitrogens with zero attached hydrogens (tertiary/aromatic N) is 3. The van der Waals surface area contributed by atoms with Gasteiger partial charge in [0.15, 0.2) is 0 Å². The quantitative estimate of drug-likeness (QED) is 0.258. The van der Waals surface area contributed by atoms with Crippen LogP contribution >= 0.6 is 0 Å². The zero-order chi connectivity index (χ0) is 29.1. The molecule has 1 fully saturated rings. The lowest BCUT2D eigenvalue weighted by molar-refractivity contribution is -0.136. The smallest absolute Gasteiger partial charge is 0.410 e. The maximum atomic E-state index is 12.7. The predicted octanol–water partition coefficient (Wildman–Crippen LogP) is 6.40. The molecule has 5 aromatic rings. The van der Waals surface area contributed by atoms with Gasteiger partial charge in [-0.1, -0.05) is 72.8 Å². The van der Waals surface area contributed by atoms with Gasteiger partial charge in [-0.25, -0.2) is 9.78 Å². The minimum Gasteiger partial charge on any atom is -0.508 e. The second-order valence-electron chi connectivity index (χ2n) is 9.70. The third kappa shape index (κ3) is 7.85. The van der Waals surface area contributed by atoms with Gasteiger partial charge in [-0.3, -0.25) is 9.69 Å². The van der Waals surface area contributed by atoms with Crippen LogP contribution in [0.25, 0.3) is 10.9 Å². The number of piperazine rings is 1. The lowest BCUT2D eigenvalue weighted by Crippen LogP contribution is -2.51. The molecular formula is C34H31N3O5. The van der Waals surface area contributed by atoms with Crippen LogP contribution in [0.2, 0.25) is 0 Å². The van der Waals surface area contributed by atoms with Crippen LogP contribution < -0.4 is 4.74 Å². The average Bonchev–Trinajstić information content (AvgIpc) is 3.02. The van der Waals surface area contributed by atoms with Gasteiger partial charge >= 0.3 is 6.09 Å². The molecule has 42 heavy (non-hydrogen) atoms. The van der Waals surface area contributed by atoms with Gasteiger partial charge in [-0.15, -0.1) is 0 Å². The molecule has 0 unspecified atom stereocenters. The summed E-state index contributed by atoms with van der Waals surface area (Å²) in [4.78, 5) is 32.9. The summed E-state index contributed by atoms with van der Waals surface area (Å²) < 4.78 is 11.2. The Balaban J connectivity index is 0.000000442. The fourth-order valence-corrected chi connectivity index (χ4v) is 4.41. The number of hydrogen-bond donors (Lipinski definition) is 1. The number of fused-ring (bicyclic) bond motifs is 1. The van der Waals surface area contributed by atoms with Crippen LogP contribution in [0.1, 0.15) is 11.1 Å². The van der Waals surface area contributed by atoms with Gasteiger partial charge in [0.1, 0.15) is 24.7 Å². The number of phenolic OH excluding ortho intramolecular Hbond substituents is 1. The fourth-order valence-electron chi connectivity index (χ4n) is 4.41. The number of hydrogen-bond acceptors (Lipinski definition) is 6. The Hall–Kier alpha value is -5.37. The number of ether oxygens (including phenoxy) is 2. The first-order valence-electron chi connectivity index (χ1n) is 13.6. The fraction of sp³-hybridized carbons (Fsp3) is 0.147. The van der Waals surface area contributed by atoms with Gasteiger partial charge in [0, 0.05) is 31.1 Å². The van der Waals surface area contributed by atoms with E-state index in [-0.39, 0.29) is 19.1 Å². The van der Waals surface area contributed by atoms with Crippen molar-refractivity contribution in [2.24, 2.45) is 0 Å². The summed E-state index contributed by atoms with van der Waals surface area (Å²) in [6.07, 6.45) is -0.466. The summed E-state index contributed by atoms with van der Waals surface area (Å²) in [5.74, 6) is 1.49. The molecule has 0 saturated carbocycles. The van der Waals surface area contributed by atoms with E-state index in [2.05, 4.69) is 4.98 Å². The number of carbonyl (C=O) groups excluding carboxylic acids is 2. The largest absolute Gasteiger partial charge is 0.508 e. The van der Waals surface area contributed by atoms with Crippen LogP contribution in [0, 0.1) is 0 Å². The Morgan fingerprint density at radius 3 is 2.14 bits per heavy atom. The van der Waals surface area contributed by atoms with Gasteiger partial charge in [0.05, 0.1) is 5.52 Å². The molecule has 2 amide bonds. The highest BCUT2D eigenvalue weighted by Crippen LogP contribution is 2.23. The van der Waals surface area contributed by atoms with E-state index in [0.717, 1.165) is 27.8 Å². The lowest BCUT2D eigenvalue weighted by atomic mass is 10.1. The summed E-state index contributed by atoms with van der Waals surface area (Å²) in [5, 5.41) is 9.60. The van der Waals surface area contributed by atoms with Gasteiger partial charge in [0.2, 0.25) is 11.8 Å². The van der Waals surface area contributed by atoms with E-state index in [4.69, 9.17) is 14.6 Å². The molecular weight excluding hydrogens is 530 g/mol. The highest BCUT2D eigenvalue weighted by molar-refractivity contribution is 5.84. The highest BCUT2D eigenvalue weighted by atomic mass is 16.6. The SMILES string of the molecule is O=C1CN(C(=O)OCc2ccccc2)CCN1Cc1ccc2nc(Oc3ccccc3)ccc2c1.Oc1ccccc1. The number of pyridine rings is 1. The van der Waals surface area contributed by atoms with Crippen LogP contribution in [0.15, 0.2) is 121 Å². The number of benzene rings is 4. The van der Waals surface area contributed by atoms with E-state index in [1.165, 1.54) is 4.90 Å². The molecule has 1 saturated heterocycles. The van der Waals surface area contributed by atoms with Crippen LogP contribution in [0.4, 0.5) is 4.79 Å².